The lowest BCUT2D eigenvalue weighted by molar-refractivity contribution is 0.145. The number of unbranched alkanes of at least 4 members (excludes halogenated alkanes) is 1. The number of hydrogen-bond acceptors (Lipinski definition) is 5. The third-order valence-electron chi connectivity index (χ3n) is 4.74. The van der Waals surface area contributed by atoms with E-state index >= 15 is 0 Å². The Kier molecular flexibility index (Phi) is 6.06. The standard InChI is InChI=1S/C18H26FN3O2S/c1-2-3-4-15-12-21(7-8-25-15)17-6-5-13(9-16(17)19)22-11-14(10-20)24-18(22)23/h5-6,9,14-15H,2-4,7-8,10-12,20H2,1H3. The summed E-state index contributed by atoms with van der Waals surface area (Å²) >= 11 is 1.99. The monoisotopic (exact) mass is 367 g/mol. The molecule has 2 saturated heterocycles. The van der Waals surface area contributed by atoms with Crippen molar-refractivity contribution in [3.63, 3.8) is 0 Å². The Morgan fingerprint density at radius 1 is 1.40 bits per heavy atom. The predicted octanol–water partition coefficient (Wildman–Crippen LogP) is 3.22. The maximum atomic E-state index is 14.7. The van der Waals surface area contributed by atoms with Gasteiger partial charge in [-0.15, -0.1) is 0 Å². The SMILES string of the molecule is CCCCC1CN(c2ccc(N3CC(CN)OC3=O)cc2F)CCS1. The van der Waals surface area contributed by atoms with Crippen LogP contribution in [-0.2, 0) is 4.74 Å². The summed E-state index contributed by atoms with van der Waals surface area (Å²) in [7, 11) is 0. The van der Waals surface area contributed by atoms with E-state index in [-0.39, 0.29) is 18.5 Å². The Balaban J connectivity index is 1.70. The van der Waals surface area contributed by atoms with Crippen molar-refractivity contribution < 1.29 is 13.9 Å². The molecule has 0 radical (unpaired) electrons. The number of carbonyl (C=O) groups is 1. The zero-order chi connectivity index (χ0) is 17.8. The minimum Gasteiger partial charge on any atom is -0.443 e. The van der Waals surface area contributed by atoms with Crippen LogP contribution in [0.2, 0.25) is 0 Å². The first-order chi connectivity index (χ1) is 12.1. The molecule has 5 nitrogen and oxygen atoms in total. The van der Waals surface area contributed by atoms with Gasteiger partial charge in [0.1, 0.15) is 11.9 Å². The van der Waals surface area contributed by atoms with Gasteiger partial charge in [-0.3, -0.25) is 4.90 Å². The lowest BCUT2D eigenvalue weighted by atomic mass is 10.1. The van der Waals surface area contributed by atoms with Crippen LogP contribution in [0.25, 0.3) is 0 Å². The van der Waals surface area contributed by atoms with E-state index in [1.165, 1.54) is 30.2 Å². The van der Waals surface area contributed by atoms with Crippen molar-refractivity contribution in [1.82, 2.24) is 0 Å². The van der Waals surface area contributed by atoms with Crippen molar-refractivity contribution in [2.45, 2.75) is 37.5 Å². The van der Waals surface area contributed by atoms with Crippen LogP contribution < -0.4 is 15.5 Å². The van der Waals surface area contributed by atoms with Gasteiger partial charge in [0.2, 0.25) is 0 Å². The van der Waals surface area contributed by atoms with Gasteiger partial charge < -0.3 is 15.4 Å². The summed E-state index contributed by atoms with van der Waals surface area (Å²) in [5.41, 5.74) is 6.69. The number of benzene rings is 1. The van der Waals surface area contributed by atoms with E-state index in [1.54, 1.807) is 12.1 Å². The van der Waals surface area contributed by atoms with Crippen LogP contribution >= 0.6 is 11.8 Å². The van der Waals surface area contributed by atoms with Crippen LogP contribution in [0.3, 0.4) is 0 Å². The normalized spacial score (nSPS) is 23.9. The van der Waals surface area contributed by atoms with E-state index in [2.05, 4.69) is 11.8 Å². The van der Waals surface area contributed by atoms with Gasteiger partial charge in [-0.2, -0.15) is 11.8 Å². The van der Waals surface area contributed by atoms with Crippen LogP contribution in [0, 0.1) is 5.82 Å². The Morgan fingerprint density at radius 2 is 2.24 bits per heavy atom. The number of hydrogen-bond donors (Lipinski definition) is 1. The molecule has 138 valence electrons. The van der Waals surface area contributed by atoms with Gasteiger partial charge in [0.25, 0.3) is 0 Å². The number of nitrogens with zero attached hydrogens (tertiary/aromatic N) is 2. The Labute approximate surface area is 152 Å². The maximum Gasteiger partial charge on any atom is 0.414 e. The van der Waals surface area contributed by atoms with Crippen LogP contribution in [0.1, 0.15) is 26.2 Å². The molecular formula is C18H26FN3O2S. The predicted molar refractivity (Wildman–Crippen MR) is 101 cm³/mol. The number of carbonyl (C=O) groups excluding carboxylic acids is 1. The van der Waals surface area contributed by atoms with Gasteiger partial charge >= 0.3 is 6.09 Å². The zero-order valence-corrected chi connectivity index (χ0v) is 15.4. The highest BCUT2D eigenvalue weighted by Gasteiger charge is 2.32. The van der Waals surface area contributed by atoms with E-state index in [0.717, 1.165) is 18.8 Å². The van der Waals surface area contributed by atoms with Gasteiger partial charge in [0.05, 0.1) is 17.9 Å². The summed E-state index contributed by atoms with van der Waals surface area (Å²) in [6.45, 7) is 4.57. The zero-order valence-electron chi connectivity index (χ0n) is 14.6. The highest BCUT2D eigenvalue weighted by molar-refractivity contribution is 8.00. The molecular weight excluding hydrogens is 341 g/mol. The van der Waals surface area contributed by atoms with Crippen molar-refractivity contribution >= 4 is 29.2 Å². The largest absolute Gasteiger partial charge is 0.443 e. The van der Waals surface area contributed by atoms with Gasteiger partial charge in [-0.1, -0.05) is 19.8 Å². The van der Waals surface area contributed by atoms with Crippen molar-refractivity contribution in [2.24, 2.45) is 5.73 Å². The second kappa shape index (κ2) is 8.27. The van der Waals surface area contributed by atoms with Crippen molar-refractivity contribution in [1.29, 1.82) is 0 Å². The van der Waals surface area contributed by atoms with Crippen LogP contribution in [0.15, 0.2) is 18.2 Å². The van der Waals surface area contributed by atoms with Gasteiger partial charge in [-0.25, -0.2) is 9.18 Å². The van der Waals surface area contributed by atoms with E-state index in [0.29, 0.717) is 23.2 Å². The third kappa shape index (κ3) is 4.20. The summed E-state index contributed by atoms with van der Waals surface area (Å²) in [6, 6.07) is 5.00. The first kappa shape index (κ1) is 18.3. The lowest BCUT2D eigenvalue weighted by Gasteiger charge is -2.34. The summed E-state index contributed by atoms with van der Waals surface area (Å²) in [6.07, 6.45) is 2.80. The molecule has 1 amide bonds. The number of cyclic esters (lactones) is 1. The minimum atomic E-state index is -0.461. The second-order valence-electron chi connectivity index (χ2n) is 6.57. The Bertz CT molecular complexity index is 616. The number of nitrogens with two attached hydrogens (primary N) is 1. The first-order valence-corrected chi connectivity index (χ1v) is 10.0. The summed E-state index contributed by atoms with van der Waals surface area (Å²) in [5, 5.41) is 0.562. The van der Waals surface area contributed by atoms with Crippen molar-refractivity contribution in [3.05, 3.63) is 24.0 Å². The highest BCUT2D eigenvalue weighted by Crippen LogP contribution is 2.31. The molecule has 2 N–H and O–H groups in total. The average Bonchev–Trinajstić information content (AvgIpc) is 3.01. The number of anilines is 2. The number of halogens is 1. The van der Waals surface area contributed by atoms with Crippen LogP contribution in [0.5, 0.6) is 0 Å². The molecule has 2 atom stereocenters. The Hall–Kier alpha value is -1.47. The maximum absolute atomic E-state index is 14.7. The highest BCUT2D eigenvalue weighted by atomic mass is 32.2. The molecule has 2 aliphatic heterocycles. The lowest BCUT2D eigenvalue weighted by Crippen LogP contribution is -2.38. The summed E-state index contributed by atoms with van der Waals surface area (Å²) in [4.78, 5) is 15.5. The van der Waals surface area contributed by atoms with E-state index < -0.39 is 6.09 Å². The molecule has 2 aliphatic rings. The fraction of sp³-hybridized carbons (Fsp3) is 0.611. The molecule has 0 spiro atoms. The third-order valence-corrected chi connectivity index (χ3v) is 6.01. The second-order valence-corrected chi connectivity index (χ2v) is 7.98. The van der Waals surface area contributed by atoms with Crippen molar-refractivity contribution in [3.8, 4) is 0 Å². The molecule has 3 rings (SSSR count). The fourth-order valence-corrected chi connectivity index (χ4v) is 4.60. The molecule has 2 fully saturated rings. The van der Waals surface area contributed by atoms with E-state index in [9.17, 15) is 9.18 Å². The van der Waals surface area contributed by atoms with Crippen LogP contribution in [0.4, 0.5) is 20.6 Å². The molecule has 25 heavy (non-hydrogen) atoms. The van der Waals surface area contributed by atoms with Crippen LogP contribution in [-0.4, -0.2) is 49.4 Å². The first-order valence-electron chi connectivity index (χ1n) is 8.96. The average molecular weight is 367 g/mol. The van der Waals surface area contributed by atoms with E-state index in [4.69, 9.17) is 10.5 Å². The molecule has 7 heteroatoms. The van der Waals surface area contributed by atoms with Crippen molar-refractivity contribution in [2.75, 3.05) is 41.7 Å². The van der Waals surface area contributed by atoms with Gasteiger partial charge in [0.15, 0.2) is 0 Å². The number of thioether (sulfide) groups is 1. The molecule has 0 bridgehead atoms. The smallest absolute Gasteiger partial charge is 0.414 e. The molecule has 2 heterocycles. The minimum absolute atomic E-state index is 0.271. The number of amides is 1. The van der Waals surface area contributed by atoms with Gasteiger partial charge in [-0.05, 0) is 24.6 Å². The molecule has 2 unspecified atom stereocenters. The number of ether oxygens (including phenoxy) is 1. The molecule has 0 saturated carbocycles. The van der Waals surface area contributed by atoms with Gasteiger partial charge in [0, 0.05) is 30.6 Å². The fourth-order valence-electron chi connectivity index (χ4n) is 3.32. The quantitative estimate of drug-likeness (QED) is 0.837. The summed E-state index contributed by atoms with van der Waals surface area (Å²) in [5.74, 6) is 0.731. The molecule has 0 aliphatic carbocycles. The van der Waals surface area contributed by atoms with E-state index in [1.807, 2.05) is 11.8 Å². The molecule has 1 aromatic carbocycles. The topological polar surface area (TPSA) is 58.8 Å². The summed E-state index contributed by atoms with van der Waals surface area (Å²) < 4.78 is 19.9. The number of rotatable bonds is 6. The molecule has 0 aromatic heterocycles. The Morgan fingerprint density at radius 3 is 2.92 bits per heavy atom. The molecule has 1 aromatic rings.